The normalized spacial score (nSPS) is 9.00. The first-order valence-corrected chi connectivity index (χ1v) is 4.50. The van der Waals surface area contributed by atoms with Gasteiger partial charge in [-0.15, -0.1) is 0 Å². The van der Waals surface area contributed by atoms with Crippen LogP contribution in [0.25, 0.3) is 6.08 Å². The molecule has 0 unspecified atom stereocenters. The van der Waals surface area contributed by atoms with Crippen LogP contribution < -0.4 is 0 Å². The summed E-state index contributed by atoms with van der Waals surface area (Å²) >= 11 is 0. The van der Waals surface area contributed by atoms with Crippen LogP contribution in [0.3, 0.4) is 0 Å². The van der Waals surface area contributed by atoms with Crippen LogP contribution in [-0.4, -0.2) is 5.97 Å². The summed E-state index contributed by atoms with van der Waals surface area (Å²) in [7, 11) is 0. The van der Waals surface area contributed by atoms with E-state index in [2.05, 4.69) is 6.58 Å². The third-order valence-electron chi connectivity index (χ3n) is 1.84. The molecule has 3 nitrogen and oxygen atoms in total. The summed E-state index contributed by atoms with van der Waals surface area (Å²) in [5, 5.41) is 8.24. The number of nitriles is 1. The van der Waals surface area contributed by atoms with Crippen molar-refractivity contribution in [3.05, 3.63) is 42.0 Å². The maximum atomic E-state index is 10.9. The fourth-order valence-corrected chi connectivity index (χ4v) is 1.03. The molecule has 0 radical (unpaired) electrons. The highest BCUT2D eigenvalue weighted by molar-refractivity contribution is 5.71. The Hall–Kier alpha value is -2.08. The van der Waals surface area contributed by atoms with Gasteiger partial charge < -0.3 is 4.74 Å². The smallest absolute Gasteiger partial charge is 0.320 e. The number of benzene rings is 1. The van der Waals surface area contributed by atoms with Gasteiger partial charge in [-0.05, 0) is 11.1 Å². The van der Waals surface area contributed by atoms with Crippen molar-refractivity contribution in [3.63, 3.8) is 0 Å². The lowest BCUT2D eigenvalue weighted by Crippen LogP contribution is -2.02. The Labute approximate surface area is 88.6 Å². The average Bonchev–Trinajstić information content (AvgIpc) is 2.27. The van der Waals surface area contributed by atoms with E-state index in [1.807, 2.05) is 24.3 Å². The highest BCUT2D eigenvalue weighted by atomic mass is 16.5. The Balaban J connectivity index is 2.48. The van der Waals surface area contributed by atoms with Gasteiger partial charge in [0, 0.05) is 0 Å². The molecular formula is C12H11NO2. The van der Waals surface area contributed by atoms with Crippen molar-refractivity contribution in [2.45, 2.75) is 13.0 Å². The van der Waals surface area contributed by atoms with Gasteiger partial charge in [0.2, 0.25) is 0 Å². The van der Waals surface area contributed by atoms with Crippen molar-refractivity contribution < 1.29 is 9.53 Å². The predicted octanol–water partition coefficient (Wildman–Crippen LogP) is 2.29. The molecule has 76 valence electrons. The van der Waals surface area contributed by atoms with Crippen LogP contribution in [0.15, 0.2) is 30.8 Å². The third-order valence-corrected chi connectivity index (χ3v) is 1.84. The van der Waals surface area contributed by atoms with Gasteiger partial charge in [0.05, 0.1) is 6.07 Å². The Morgan fingerprint density at radius 1 is 1.47 bits per heavy atom. The largest absolute Gasteiger partial charge is 0.460 e. The fraction of sp³-hybridized carbons (Fsp3) is 0.167. The second-order valence-electron chi connectivity index (χ2n) is 2.94. The number of esters is 1. The summed E-state index contributed by atoms with van der Waals surface area (Å²) in [6.07, 6.45) is 1.54. The van der Waals surface area contributed by atoms with Crippen molar-refractivity contribution in [2.24, 2.45) is 0 Å². The molecule has 0 atom stereocenters. The minimum absolute atomic E-state index is 0.204. The lowest BCUT2D eigenvalue weighted by atomic mass is 10.1. The van der Waals surface area contributed by atoms with Gasteiger partial charge in [0.1, 0.15) is 13.0 Å². The summed E-state index contributed by atoms with van der Waals surface area (Å²) in [6, 6.07) is 9.23. The molecule has 0 aliphatic rings. The Morgan fingerprint density at radius 2 is 2.13 bits per heavy atom. The number of carbonyl (C=O) groups is 1. The van der Waals surface area contributed by atoms with E-state index in [0.717, 1.165) is 11.1 Å². The maximum Gasteiger partial charge on any atom is 0.320 e. The van der Waals surface area contributed by atoms with Crippen LogP contribution in [0.1, 0.15) is 17.5 Å². The molecule has 1 aromatic rings. The van der Waals surface area contributed by atoms with Gasteiger partial charge in [-0.25, -0.2) is 0 Å². The van der Waals surface area contributed by atoms with Gasteiger partial charge >= 0.3 is 5.97 Å². The van der Waals surface area contributed by atoms with Gasteiger partial charge in [-0.2, -0.15) is 5.26 Å². The van der Waals surface area contributed by atoms with E-state index in [1.54, 1.807) is 12.1 Å². The molecule has 0 saturated heterocycles. The van der Waals surface area contributed by atoms with Gasteiger partial charge in [-0.3, -0.25) is 4.79 Å². The van der Waals surface area contributed by atoms with Gasteiger partial charge in [0.15, 0.2) is 0 Å². The lowest BCUT2D eigenvalue weighted by Gasteiger charge is -2.02. The highest BCUT2D eigenvalue weighted by Gasteiger charge is 2.01. The number of hydrogen-bond acceptors (Lipinski definition) is 3. The Bertz CT molecular complexity index is 387. The molecule has 1 rings (SSSR count). The minimum atomic E-state index is -0.495. The zero-order chi connectivity index (χ0) is 11.1. The first-order valence-electron chi connectivity index (χ1n) is 4.50. The van der Waals surface area contributed by atoms with E-state index in [4.69, 9.17) is 10.00 Å². The van der Waals surface area contributed by atoms with Gasteiger partial charge in [-0.1, -0.05) is 36.9 Å². The highest BCUT2D eigenvalue weighted by Crippen LogP contribution is 2.06. The molecular weight excluding hydrogens is 190 g/mol. The number of hydrogen-bond donors (Lipinski definition) is 0. The molecule has 0 aromatic heterocycles. The monoisotopic (exact) mass is 201 g/mol. The van der Waals surface area contributed by atoms with E-state index in [-0.39, 0.29) is 13.0 Å². The van der Waals surface area contributed by atoms with Crippen molar-refractivity contribution >= 4 is 12.0 Å². The molecule has 3 heteroatoms. The zero-order valence-electron chi connectivity index (χ0n) is 8.27. The Morgan fingerprint density at radius 3 is 2.67 bits per heavy atom. The topological polar surface area (TPSA) is 50.1 Å². The van der Waals surface area contributed by atoms with Crippen molar-refractivity contribution in [3.8, 4) is 6.07 Å². The Kier molecular flexibility index (Phi) is 4.11. The van der Waals surface area contributed by atoms with E-state index >= 15 is 0 Å². The van der Waals surface area contributed by atoms with Crippen LogP contribution in [0.5, 0.6) is 0 Å². The molecule has 0 spiro atoms. The van der Waals surface area contributed by atoms with Crippen molar-refractivity contribution in [1.82, 2.24) is 0 Å². The molecule has 1 aromatic carbocycles. The molecule has 0 N–H and O–H groups in total. The molecule has 0 saturated carbocycles. The standard InChI is InChI=1S/C12H11NO2/c1-2-10-3-5-11(6-4-10)9-15-12(14)7-8-13/h2-6H,1,7,9H2. The fourth-order valence-electron chi connectivity index (χ4n) is 1.03. The predicted molar refractivity (Wildman–Crippen MR) is 56.6 cm³/mol. The van der Waals surface area contributed by atoms with E-state index < -0.39 is 5.97 Å². The van der Waals surface area contributed by atoms with Crippen LogP contribution in [0.2, 0.25) is 0 Å². The maximum absolute atomic E-state index is 10.9. The summed E-state index contributed by atoms with van der Waals surface area (Å²) in [5.74, 6) is -0.495. The first kappa shape index (κ1) is 11.0. The van der Waals surface area contributed by atoms with E-state index in [1.165, 1.54) is 0 Å². The molecule has 0 bridgehead atoms. The van der Waals surface area contributed by atoms with Crippen molar-refractivity contribution in [1.29, 1.82) is 5.26 Å². The summed E-state index contributed by atoms with van der Waals surface area (Å²) in [6.45, 7) is 3.84. The first-order chi connectivity index (χ1) is 7.26. The number of rotatable bonds is 4. The molecule has 0 heterocycles. The summed E-state index contributed by atoms with van der Waals surface area (Å²) < 4.78 is 4.85. The number of carbonyl (C=O) groups excluding carboxylic acids is 1. The second kappa shape index (κ2) is 5.61. The number of nitrogens with zero attached hydrogens (tertiary/aromatic N) is 1. The number of ether oxygens (including phenoxy) is 1. The van der Waals surface area contributed by atoms with E-state index in [9.17, 15) is 4.79 Å². The quantitative estimate of drug-likeness (QED) is 0.702. The molecule has 15 heavy (non-hydrogen) atoms. The summed E-state index contributed by atoms with van der Waals surface area (Å²) in [5.41, 5.74) is 1.91. The van der Waals surface area contributed by atoms with Crippen LogP contribution in [0.4, 0.5) is 0 Å². The van der Waals surface area contributed by atoms with Crippen LogP contribution >= 0.6 is 0 Å². The van der Waals surface area contributed by atoms with E-state index in [0.29, 0.717) is 0 Å². The summed E-state index contributed by atoms with van der Waals surface area (Å²) in [4.78, 5) is 10.9. The van der Waals surface area contributed by atoms with Crippen LogP contribution in [-0.2, 0) is 16.1 Å². The van der Waals surface area contributed by atoms with Crippen molar-refractivity contribution in [2.75, 3.05) is 0 Å². The molecule has 0 aliphatic heterocycles. The minimum Gasteiger partial charge on any atom is -0.460 e. The SMILES string of the molecule is C=Cc1ccc(COC(=O)CC#N)cc1. The molecule has 0 aliphatic carbocycles. The second-order valence-corrected chi connectivity index (χ2v) is 2.94. The molecule has 0 amide bonds. The van der Waals surface area contributed by atoms with Crippen LogP contribution in [0, 0.1) is 11.3 Å². The average molecular weight is 201 g/mol. The third kappa shape index (κ3) is 3.65. The lowest BCUT2D eigenvalue weighted by molar-refractivity contribution is -0.143. The van der Waals surface area contributed by atoms with Gasteiger partial charge in [0.25, 0.3) is 0 Å². The molecule has 0 fully saturated rings. The zero-order valence-corrected chi connectivity index (χ0v) is 8.27.